The third-order valence-electron chi connectivity index (χ3n) is 3.31. The second-order valence-electron chi connectivity index (χ2n) is 5.02. The van der Waals surface area contributed by atoms with Crippen molar-refractivity contribution in [3.8, 4) is 0 Å². The van der Waals surface area contributed by atoms with Gasteiger partial charge in [0.2, 0.25) is 0 Å². The zero-order valence-corrected chi connectivity index (χ0v) is 11.3. The largest absolute Gasteiger partial charge is 0.353 e. The van der Waals surface area contributed by atoms with Crippen molar-refractivity contribution in [2.45, 2.75) is 77.1 Å². The highest BCUT2D eigenvalue weighted by molar-refractivity contribution is 4.65. The van der Waals surface area contributed by atoms with Gasteiger partial charge in [-0.05, 0) is 39.0 Å². The van der Waals surface area contributed by atoms with Crippen molar-refractivity contribution in [2.24, 2.45) is 0 Å². The van der Waals surface area contributed by atoms with E-state index in [1.54, 1.807) is 0 Å². The van der Waals surface area contributed by atoms with Crippen LogP contribution in [0.25, 0.3) is 0 Å². The van der Waals surface area contributed by atoms with Crippen molar-refractivity contribution >= 4 is 0 Å². The lowest BCUT2D eigenvalue weighted by Crippen LogP contribution is -2.30. The van der Waals surface area contributed by atoms with Crippen molar-refractivity contribution in [3.63, 3.8) is 0 Å². The molecule has 17 heavy (non-hydrogen) atoms. The van der Waals surface area contributed by atoms with Gasteiger partial charge in [0.25, 0.3) is 0 Å². The number of hydrogen-bond donors (Lipinski definition) is 0. The first-order valence-corrected chi connectivity index (χ1v) is 7.21. The molecule has 2 nitrogen and oxygen atoms in total. The van der Waals surface area contributed by atoms with E-state index in [2.05, 4.69) is 13.5 Å². The van der Waals surface area contributed by atoms with Crippen LogP contribution < -0.4 is 0 Å². The zero-order chi connectivity index (χ0) is 12.3. The van der Waals surface area contributed by atoms with Crippen LogP contribution >= 0.6 is 0 Å². The SMILES string of the molecule is C=CCCCCCCCC[C@H]1OCC[C@H](C)O1. The summed E-state index contributed by atoms with van der Waals surface area (Å²) in [6.07, 6.45) is 13.6. The maximum Gasteiger partial charge on any atom is 0.157 e. The van der Waals surface area contributed by atoms with Crippen LogP contribution in [0.1, 0.15) is 64.7 Å². The molecule has 1 saturated heterocycles. The molecule has 0 aliphatic carbocycles. The van der Waals surface area contributed by atoms with Crippen LogP contribution in [0.15, 0.2) is 12.7 Å². The molecule has 100 valence electrons. The number of rotatable bonds is 9. The lowest BCUT2D eigenvalue weighted by Gasteiger charge is -2.28. The van der Waals surface area contributed by atoms with E-state index in [9.17, 15) is 0 Å². The van der Waals surface area contributed by atoms with Gasteiger partial charge < -0.3 is 9.47 Å². The van der Waals surface area contributed by atoms with Gasteiger partial charge in [0.15, 0.2) is 6.29 Å². The molecular weight excluding hydrogens is 212 g/mol. The third-order valence-corrected chi connectivity index (χ3v) is 3.31. The van der Waals surface area contributed by atoms with Gasteiger partial charge in [-0.3, -0.25) is 0 Å². The summed E-state index contributed by atoms with van der Waals surface area (Å²) in [5.41, 5.74) is 0. The molecule has 1 rings (SSSR count). The van der Waals surface area contributed by atoms with Crippen LogP contribution in [0, 0.1) is 0 Å². The molecule has 2 atom stereocenters. The summed E-state index contributed by atoms with van der Waals surface area (Å²) in [5, 5.41) is 0. The highest BCUT2D eigenvalue weighted by atomic mass is 16.7. The molecule has 0 spiro atoms. The van der Waals surface area contributed by atoms with E-state index in [0.717, 1.165) is 19.4 Å². The molecule has 0 unspecified atom stereocenters. The highest BCUT2D eigenvalue weighted by Crippen LogP contribution is 2.17. The molecule has 1 heterocycles. The van der Waals surface area contributed by atoms with Crippen molar-refractivity contribution in [1.29, 1.82) is 0 Å². The van der Waals surface area contributed by atoms with Crippen molar-refractivity contribution in [3.05, 3.63) is 12.7 Å². The first-order valence-electron chi connectivity index (χ1n) is 7.21. The molecule has 0 saturated carbocycles. The summed E-state index contributed by atoms with van der Waals surface area (Å²) >= 11 is 0. The van der Waals surface area contributed by atoms with Crippen LogP contribution in [-0.2, 0) is 9.47 Å². The first kappa shape index (κ1) is 14.7. The summed E-state index contributed by atoms with van der Waals surface area (Å²) in [6.45, 7) is 6.74. The molecular formula is C15H28O2. The molecule has 2 heteroatoms. The van der Waals surface area contributed by atoms with Gasteiger partial charge in [-0.2, -0.15) is 0 Å². The summed E-state index contributed by atoms with van der Waals surface area (Å²) in [7, 11) is 0. The quantitative estimate of drug-likeness (QED) is 0.438. The minimum Gasteiger partial charge on any atom is -0.353 e. The summed E-state index contributed by atoms with van der Waals surface area (Å²) in [4.78, 5) is 0. The van der Waals surface area contributed by atoms with Crippen LogP contribution in [0.2, 0.25) is 0 Å². The van der Waals surface area contributed by atoms with Crippen LogP contribution in [0.4, 0.5) is 0 Å². The third kappa shape index (κ3) is 7.56. The van der Waals surface area contributed by atoms with Gasteiger partial charge in [-0.15, -0.1) is 6.58 Å². The van der Waals surface area contributed by atoms with Gasteiger partial charge in [-0.1, -0.05) is 31.8 Å². The Bertz CT molecular complexity index is 191. The Hall–Kier alpha value is -0.340. The molecule has 1 aliphatic heterocycles. The maximum atomic E-state index is 5.71. The standard InChI is InChI=1S/C15H28O2/c1-3-4-5-6-7-8-9-10-11-15-16-13-12-14(2)17-15/h3,14-15H,1,4-13H2,2H3/t14-,15-/m0/s1. The molecule has 0 aromatic carbocycles. The van der Waals surface area contributed by atoms with Crippen molar-refractivity contribution < 1.29 is 9.47 Å². The molecule has 1 aliphatic rings. The molecule has 0 N–H and O–H groups in total. The van der Waals surface area contributed by atoms with Crippen molar-refractivity contribution in [2.75, 3.05) is 6.61 Å². The molecule has 0 amide bonds. The summed E-state index contributed by atoms with van der Waals surface area (Å²) in [5.74, 6) is 0. The fourth-order valence-electron chi connectivity index (χ4n) is 2.19. The van der Waals surface area contributed by atoms with Gasteiger partial charge in [0.05, 0.1) is 12.7 Å². The second kappa shape index (κ2) is 9.67. The number of allylic oxidation sites excluding steroid dienone is 1. The predicted molar refractivity (Wildman–Crippen MR) is 72.0 cm³/mol. The Morgan fingerprint density at radius 3 is 2.53 bits per heavy atom. The van der Waals surface area contributed by atoms with E-state index in [1.807, 2.05) is 6.08 Å². The van der Waals surface area contributed by atoms with E-state index < -0.39 is 0 Å². The Morgan fingerprint density at radius 2 is 1.82 bits per heavy atom. The van der Waals surface area contributed by atoms with E-state index in [-0.39, 0.29) is 6.29 Å². The number of ether oxygens (including phenoxy) is 2. The van der Waals surface area contributed by atoms with Crippen molar-refractivity contribution in [1.82, 2.24) is 0 Å². The highest BCUT2D eigenvalue weighted by Gasteiger charge is 2.18. The first-order chi connectivity index (χ1) is 8.33. The minimum absolute atomic E-state index is 0.0690. The van der Waals surface area contributed by atoms with Gasteiger partial charge in [0.1, 0.15) is 0 Å². The van der Waals surface area contributed by atoms with Gasteiger partial charge in [0, 0.05) is 0 Å². The summed E-state index contributed by atoms with van der Waals surface area (Å²) < 4.78 is 11.3. The lowest BCUT2D eigenvalue weighted by atomic mass is 10.1. The average molecular weight is 240 g/mol. The van der Waals surface area contributed by atoms with Crippen LogP contribution in [0.5, 0.6) is 0 Å². The molecule has 0 radical (unpaired) electrons. The number of unbranched alkanes of at least 4 members (excludes halogenated alkanes) is 6. The smallest absolute Gasteiger partial charge is 0.157 e. The van der Waals surface area contributed by atoms with E-state index >= 15 is 0 Å². The van der Waals surface area contributed by atoms with Crippen LogP contribution in [0.3, 0.4) is 0 Å². The Morgan fingerprint density at radius 1 is 1.12 bits per heavy atom. The molecule has 1 fully saturated rings. The number of hydrogen-bond acceptors (Lipinski definition) is 2. The topological polar surface area (TPSA) is 18.5 Å². The normalized spacial score (nSPS) is 24.8. The fourth-order valence-corrected chi connectivity index (χ4v) is 2.19. The van der Waals surface area contributed by atoms with E-state index in [0.29, 0.717) is 6.10 Å². The fraction of sp³-hybridized carbons (Fsp3) is 0.867. The Kier molecular flexibility index (Phi) is 8.37. The van der Waals surface area contributed by atoms with Gasteiger partial charge in [-0.25, -0.2) is 0 Å². The molecule has 0 aromatic heterocycles. The zero-order valence-electron chi connectivity index (χ0n) is 11.3. The average Bonchev–Trinajstić information content (AvgIpc) is 2.33. The monoisotopic (exact) mass is 240 g/mol. The Labute approximate surface area is 106 Å². The Balaban J connectivity index is 1.85. The van der Waals surface area contributed by atoms with E-state index in [1.165, 1.54) is 44.9 Å². The minimum atomic E-state index is 0.0690. The molecule has 0 aromatic rings. The lowest BCUT2D eigenvalue weighted by molar-refractivity contribution is -0.210. The van der Waals surface area contributed by atoms with E-state index in [4.69, 9.17) is 9.47 Å². The van der Waals surface area contributed by atoms with Gasteiger partial charge >= 0.3 is 0 Å². The maximum absolute atomic E-state index is 5.71. The van der Waals surface area contributed by atoms with Crippen LogP contribution in [-0.4, -0.2) is 19.0 Å². The summed E-state index contributed by atoms with van der Waals surface area (Å²) in [6, 6.07) is 0. The predicted octanol–water partition coefficient (Wildman–Crippen LogP) is 4.44. The molecule has 0 bridgehead atoms. The second-order valence-corrected chi connectivity index (χ2v) is 5.02.